The molecule has 0 saturated heterocycles. The minimum absolute atomic E-state index is 0.257. The van der Waals surface area contributed by atoms with Gasteiger partial charge in [0.05, 0.1) is 12.1 Å². The van der Waals surface area contributed by atoms with Crippen molar-refractivity contribution in [2.45, 2.75) is 44.8 Å². The molecule has 4 rings (SSSR count). The number of aliphatic hydroxyl groups is 1. The third kappa shape index (κ3) is 6.78. The summed E-state index contributed by atoms with van der Waals surface area (Å²) in [7, 11) is 0. The normalized spacial score (nSPS) is 21.6. The van der Waals surface area contributed by atoms with Crippen molar-refractivity contribution in [3.63, 3.8) is 0 Å². The molecule has 2 aromatic carbocycles. The smallest absolute Gasteiger partial charge is 0.251 e. The van der Waals surface area contributed by atoms with Crippen molar-refractivity contribution in [2.75, 3.05) is 25.0 Å². The first-order valence-corrected chi connectivity index (χ1v) is 11.8. The summed E-state index contributed by atoms with van der Waals surface area (Å²) in [4.78, 5) is 13.0. The quantitative estimate of drug-likeness (QED) is 0.408. The number of carbonyl (C=O) groups excluding carboxylic acids is 1. The van der Waals surface area contributed by atoms with E-state index < -0.39 is 18.0 Å². The Morgan fingerprint density at radius 2 is 1.91 bits per heavy atom. The Hall–Kier alpha value is -2.44. The highest BCUT2D eigenvalue weighted by atomic mass is 19.1. The van der Waals surface area contributed by atoms with Gasteiger partial charge in [-0.15, -0.1) is 0 Å². The van der Waals surface area contributed by atoms with Gasteiger partial charge < -0.3 is 21.1 Å². The van der Waals surface area contributed by atoms with E-state index in [0.717, 1.165) is 18.7 Å². The maximum Gasteiger partial charge on any atom is 0.251 e. The Balaban J connectivity index is 1.41. The second kappa shape index (κ2) is 10.5. The van der Waals surface area contributed by atoms with E-state index in [9.17, 15) is 14.3 Å². The second-order valence-corrected chi connectivity index (χ2v) is 9.52. The van der Waals surface area contributed by atoms with E-state index in [-0.39, 0.29) is 11.5 Å². The standard InChI is InChI=1S/C26H34FN3O2/c1-17-9-21(17)15-29-23-12-20(11-22(27)13-23)26(32)30-24(10-18-5-3-2-4-6-18)25(31)16-28-14-19-7-8-19/h2-6,11-13,17,19,21,24-25,28-29,31H,7-10,14-16H2,1H3,(H,30,32)/t17-,21+,24-,25+/m0/s1. The van der Waals surface area contributed by atoms with E-state index in [4.69, 9.17) is 0 Å². The second-order valence-electron chi connectivity index (χ2n) is 9.52. The van der Waals surface area contributed by atoms with Gasteiger partial charge >= 0.3 is 0 Å². The zero-order valence-corrected chi connectivity index (χ0v) is 18.7. The van der Waals surface area contributed by atoms with Gasteiger partial charge in [-0.05, 0) is 73.7 Å². The summed E-state index contributed by atoms with van der Waals surface area (Å²) in [6.45, 7) is 4.29. The van der Waals surface area contributed by atoms with Crippen LogP contribution in [0.5, 0.6) is 0 Å². The lowest BCUT2D eigenvalue weighted by Gasteiger charge is -2.25. The molecule has 0 aromatic heterocycles. The Labute approximate surface area is 189 Å². The third-order valence-corrected chi connectivity index (χ3v) is 6.57. The van der Waals surface area contributed by atoms with Crippen LogP contribution in [-0.2, 0) is 6.42 Å². The fraction of sp³-hybridized carbons (Fsp3) is 0.500. The fourth-order valence-electron chi connectivity index (χ4n) is 4.06. The van der Waals surface area contributed by atoms with Crippen LogP contribution in [-0.4, -0.2) is 42.8 Å². The number of aliphatic hydroxyl groups excluding tert-OH is 1. The number of hydrogen-bond acceptors (Lipinski definition) is 4. The zero-order chi connectivity index (χ0) is 22.5. The molecule has 6 heteroatoms. The van der Waals surface area contributed by atoms with Gasteiger partial charge in [-0.1, -0.05) is 37.3 Å². The number of amides is 1. The molecule has 32 heavy (non-hydrogen) atoms. The maximum atomic E-state index is 14.2. The van der Waals surface area contributed by atoms with Crippen LogP contribution < -0.4 is 16.0 Å². The minimum atomic E-state index is -0.750. The summed E-state index contributed by atoms with van der Waals surface area (Å²) in [5.41, 5.74) is 1.90. The summed E-state index contributed by atoms with van der Waals surface area (Å²) < 4.78 is 14.2. The number of halogens is 1. The minimum Gasteiger partial charge on any atom is -0.390 e. The van der Waals surface area contributed by atoms with Crippen LogP contribution in [0.2, 0.25) is 0 Å². The number of hydrogen-bond donors (Lipinski definition) is 4. The van der Waals surface area contributed by atoms with E-state index in [0.29, 0.717) is 36.4 Å². The van der Waals surface area contributed by atoms with Crippen LogP contribution in [0.3, 0.4) is 0 Å². The summed E-state index contributed by atoms with van der Waals surface area (Å²) in [6.07, 6.45) is 3.41. The largest absolute Gasteiger partial charge is 0.390 e. The van der Waals surface area contributed by atoms with Gasteiger partial charge in [-0.3, -0.25) is 4.79 Å². The summed E-state index contributed by atoms with van der Waals surface area (Å²) in [6, 6.07) is 13.6. The Morgan fingerprint density at radius 1 is 1.16 bits per heavy atom. The highest BCUT2D eigenvalue weighted by Crippen LogP contribution is 2.37. The molecule has 4 N–H and O–H groups in total. The van der Waals surface area contributed by atoms with Crippen LogP contribution in [0.1, 0.15) is 42.1 Å². The first-order valence-electron chi connectivity index (χ1n) is 11.8. The first kappa shape index (κ1) is 22.7. The molecule has 0 radical (unpaired) electrons. The van der Waals surface area contributed by atoms with Crippen molar-refractivity contribution in [2.24, 2.45) is 17.8 Å². The molecule has 0 aliphatic heterocycles. The summed E-state index contributed by atoms with van der Waals surface area (Å²) in [5.74, 6) is 1.20. The number of rotatable bonds is 12. The van der Waals surface area contributed by atoms with Crippen LogP contribution in [0.15, 0.2) is 48.5 Å². The molecular weight excluding hydrogens is 405 g/mol. The highest BCUT2D eigenvalue weighted by Gasteiger charge is 2.32. The molecule has 2 fully saturated rings. The van der Waals surface area contributed by atoms with Gasteiger partial charge in [0.25, 0.3) is 5.91 Å². The van der Waals surface area contributed by atoms with Crippen molar-refractivity contribution < 1.29 is 14.3 Å². The summed E-state index contributed by atoms with van der Waals surface area (Å²) >= 11 is 0. The van der Waals surface area contributed by atoms with Gasteiger partial charge in [0.2, 0.25) is 0 Å². The lowest BCUT2D eigenvalue weighted by atomic mass is 10.00. The Kier molecular flexibility index (Phi) is 7.43. The predicted octanol–water partition coefficient (Wildman–Crippen LogP) is 3.60. The lowest BCUT2D eigenvalue weighted by molar-refractivity contribution is 0.0830. The summed E-state index contributed by atoms with van der Waals surface area (Å²) in [5, 5.41) is 20.3. The number of benzene rings is 2. The number of nitrogens with one attached hydrogen (secondary N) is 3. The lowest BCUT2D eigenvalue weighted by Crippen LogP contribution is -2.49. The van der Waals surface area contributed by atoms with Crippen LogP contribution >= 0.6 is 0 Å². The molecule has 1 amide bonds. The molecule has 0 spiro atoms. The van der Waals surface area contributed by atoms with Crippen LogP contribution in [0.25, 0.3) is 0 Å². The van der Waals surface area contributed by atoms with Gasteiger partial charge in [0, 0.05) is 24.3 Å². The SMILES string of the molecule is C[C@H]1C[C@@H]1CNc1cc(F)cc(C(=O)N[C@@H](Cc2ccccc2)[C@H](O)CNCC2CC2)c1. The monoisotopic (exact) mass is 439 g/mol. The molecular formula is C26H34FN3O2. The van der Waals surface area contributed by atoms with E-state index >= 15 is 0 Å². The van der Waals surface area contributed by atoms with Crippen molar-refractivity contribution in [3.8, 4) is 0 Å². The van der Waals surface area contributed by atoms with Gasteiger partial charge in [0.1, 0.15) is 5.82 Å². The molecule has 2 aliphatic rings. The Bertz CT molecular complexity index is 903. The fourth-order valence-corrected chi connectivity index (χ4v) is 4.06. The van der Waals surface area contributed by atoms with E-state index in [2.05, 4.69) is 22.9 Å². The topological polar surface area (TPSA) is 73.4 Å². The van der Waals surface area contributed by atoms with Crippen LogP contribution in [0, 0.1) is 23.6 Å². The maximum absolute atomic E-state index is 14.2. The third-order valence-electron chi connectivity index (χ3n) is 6.57. The number of carbonyl (C=O) groups is 1. The average Bonchev–Trinajstić information content (AvgIpc) is 3.70. The molecule has 2 aliphatic carbocycles. The van der Waals surface area contributed by atoms with E-state index in [1.54, 1.807) is 6.07 Å². The van der Waals surface area contributed by atoms with Gasteiger partial charge in [-0.25, -0.2) is 4.39 Å². The average molecular weight is 440 g/mol. The molecule has 172 valence electrons. The van der Waals surface area contributed by atoms with Crippen molar-refractivity contribution in [3.05, 3.63) is 65.5 Å². The van der Waals surface area contributed by atoms with Crippen LogP contribution in [0.4, 0.5) is 10.1 Å². The number of anilines is 1. The van der Waals surface area contributed by atoms with Crippen molar-refractivity contribution in [1.82, 2.24) is 10.6 Å². The molecule has 0 unspecified atom stereocenters. The van der Waals surface area contributed by atoms with Crippen molar-refractivity contribution >= 4 is 11.6 Å². The molecule has 5 nitrogen and oxygen atoms in total. The Morgan fingerprint density at radius 3 is 2.59 bits per heavy atom. The van der Waals surface area contributed by atoms with E-state index in [1.165, 1.54) is 31.4 Å². The molecule has 0 heterocycles. The van der Waals surface area contributed by atoms with E-state index in [1.807, 2.05) is 30.3 Å². The molecule has 2 aromatic rings. The first-order chi connectivity index (χ1) is 15.5. The zero-order valence-electron chi connectivity index (χ0n) is 18.7. The predicted molar refractivity (Wildman–Crippen MR) is 125 cm³/mol. The van der Waals surface area contributed by atoms with Gasteiger partial charge in [-0.2, -0.15) is 0 Å². The molecule has 4 atom stereocenters. The highest BCUT2D eigenvalue weighted by molar-refractivity contribution is 5.95. The van der Waals surface area contributed by atoms with Gasteiger partial charge in [0.15, 0.2) is 0 Å². The molecule has 2 saturated carbocycles. The molecule has 0 bridgehead atoms. The van der Waals surface area contributed by atoms with Crippen molar-refractivity contribution in [1.29, 1.82) is 0 Å².